The van der Waals surface area contributed by atoms with Crippen LogP contribution in [-0.2, 0) is 19.5 Å². The summed E-state index contributed by atoms with van der Waals surface area (Å²) < 4.78 is 4.89. The predicted molar refractivity (Wildman–Crippen MR) is 88.4 cm³/mol. The number of rotatable bonds is 8. The van der Waals surface area contributed by atoms with Crippen molar-refractivity contribution in [2.45, 2.75) is 65.5 Å². The third kappa shape index (κ3) is 4.45. The Bertz CT molecular complexity index is 526. The summed E-state index contributed by atoms with van der Waals surface area (Å²) >= 11 is 0. The molecule has 0 spiro atoms. The molecule has 0 fully saturated rings. The lowest BCUT2D eigenvalue weighted by Crippen LogP contribution is -2.38. The van der Waals surface area contributed by atoms with E-state index in [1.54, 1.807) is 0 Å². The van der Waals surface area contributed by atoms with Gasteiger partial charge in [0.2, 0.25) is 0 Å². The number of unbranched alkanes of at least 4 members (excludes halogenated alkanes) is 1. The minimum absolute atomic E-state index is 0.577. The molecule has 1 aromatic carbocycles. The van der Waals surface area contributed by atoms with E-state index in [-0.39, 0.29) is 0 Å². The van der Waals surface area contributed by atoms with Crippen LogP contribution in [0.5, 0.6) is 0 Å². The highest BCUT2D eigenvalue weighted by Gasteiger charge is 2.19. The molecule has 2 nitrogen and oxygen atoms in total. The molecule has 2 rings (SSSR count). The van der Waals surface area contributed by atoms with Crippen LogP contribution in [0.1, 0.15) is 57.3 Å². The highest BCUT2D eigenvalue weighted by atomic mass is 15.1. The van der Waals surface area contributed by atoms with Gasteiger partial charge in [-0.25, -0.2) is 9.13 Å². The van der Waals surface area contributed by atoms with Gasteiger partial charge < -0.3 is 0 Å². The first-order valence-corrected chi connectivity index (χ1v) is 8.34. The molecule has 0 N–H and O–H groups in total. The standard InChI is InChI=1S/C19H29N2/c1-4-5-13-20-15-16-21(19(20)17(2)3)14-9-12-18-10-7-6-8-11-18/h6-8,10-11,15-17H,4-5,9,12-14H2,1-3H3/q+1. The Morgan fingerprint density at radius 3 is 2.52 bits per heavy atom. The summed E-state index contributed by atoms with van der Waals surface area (Å²) in [5, 5.41) is 0. The Kier molecular flexibility index (Phi) is 6.04. The summed E-state index contributed by atoms with van der Waals surface area (Å²) in [5.74, 6) is 2.05. The van der Waals surface area contributed by atoms with E-state index in [4.69, 9.17) is 0 Å². The molecule has 114 valence electrons. The molecule has 0 bridgehead atoms. The Labute approximate surface area is 129 Å². The van der Waals surface area contributed by atoms with Gasteiger partial charge in [0.1, 0.15) is 12.4 Å². The number of aromatic nitrogens is 2. The normalized spacial score (nSPS) is 11.2. The largest absolute Gasteiger partial charge is 0.258 e. The van der Waals surface area contributed by atoms with Gasteiger partial charge in [0.25, 0.3) is 5.82 Å². The van der Waals surface area contributed by atoms with E-state index in [1.807, 2.05) is 0 Å². The molecule has 0 aliphatic heterocycles. The number of hydrogen-bond donors (Lipinski definition) is 0. The summed E-state index contributed by atoms with van der Waals surface area (Å²) in [4.78, 5) is 0. The fraction of sp³-hybridized carbons (Fsp3) is 0.526. The SMILES string of the molecule is CCCCn1cc[n+](CCCc2ccccc2)c1C(C)C. The first kappa shape index (κ1) is 15.8. The lowest BCUT2D eigenvalue weighted by atomic mass is 10.1. The zero-order valence-electron chi connectivity index (χ0n) is 13.8. The molecular formula is C19H29N2+. The van der Waals surface area contributed by atoms with Crippen molar-refractivity contribution in [3.8, 4) is 0 Å². The predicted octanol–water partition coefficient (Wildman–Crippen LogP) is 4.33. The van der Waals surface area contributed by atoms with E-state index in [9.17, 15) is 0 Å². The van der Waals surface area contributed by atoms with Gasteiger partial charge in [-0.15, -0.1) is 0 Å². The fourth-order valence-corrected chi connectivity index (χ4v) is 2.95. The van der Waals surface area contributed by atoms with Gasteiger partial charge in [-0.3, -0.25) is 0 Å². The number of aryl methyl sites for hydroxylation is 3. The van der Waals surface area contributed by atoms with Crippen LogP contribution in [0.4, 0.5) is 0 Å². The molecule has 0 radical (unpaired) electrons. The second-order valence-corrected chi connectivity index (χ2v) is 6.14. The Morgan fingerprint density at radius 2 is 1.86 bits per heavy atom. The van der Waals surface area contributed by atoms with Crippen LogP contribution < -0.4 is 4.57 Å². The van der Waals surface area contributed by atoms with Crippen LogP contribution in [0.2, 0.25) is 0 Å². The molecule has 0 unspecified atom stereocenters. The Balaban J connectivity index is 1.97. The third-order valence-corrected chi connectivity index (χ3v) is 3.99. The minimum atomic E-state index is 0.577. The molecule has 0 atom stereocenters. The van der Waals surface area contributed by atoms with Crippen molar-refractivity contribution in [1.82, 2.24) is 4.57 Å². The quantitative estimate of drug-likeness (QED) is 0.638. The summed E-state index contributed by atoms with van der Waals surface area (Å²) in [7, 11) is 0. The first-order valence-electron chi connectivity index (χ1n) is 8.34. The molecular weight excluding hydrogens is 256 g/mol. The molecule has 0 aliphatic rings. The smallest absolute Gasteiger partial charge is 0.234 e. The maximum Gasteiger partial charge on any atom is 0.258 e. The second-order valence-electron chi connectivity index (χ2n) is 6.14. The minimum Gasteiger partial charge on any atom is -0.234 e. The topological polar surface area (TPSA) is 8.81 Å². The molecule has 0 amide bonds. The van der Waals surface area contributed by atoms with Gasteiger partial charge in [0.15, 0.2) is 0 Å². The molecule has 0 aliphatic carbocycles. The summed E-state index contributed by atoms with van der Waals surface area (Å²) in [6.07, 6.45) is 9.39. The van der Waals surface area contributed by atoms with Gasteiger partial charge in [-0.05, 0) is 24.8 Å². The van der Waals surface area contributed by atoms with Gasteiger partial charge in [0.05, 0.1) is 19.0 Å². The monoisotopic (exact) mass is 285 g/mol. The molecule has 1 heterocycles. The van der Waals surface area contributed by atoms with Crippen molar-refractivity contribution in [3.63, 3.8) is 0 Å². The number of benzene rings is 1. The van der Waals surface area contributed by atoms with Crippen molar-refractivity contribution in [3.05, 3.63) is 54.1 Å². The maximum absolute atomic E-state index is 2.45. The van der Waals surface area contributed by atoms with Crippen molar-refractivity contribution >= 4 is 0 Å². The lowest BCUT2D eigenvalue weighted by molar-refractivity contribution is -0.705. The van der Waals surface area contributed by atoms with Gasteiger partial charge in [0, 0.05) is 0 Å². The average Bonchev–Trinajstić information content (AvgIpc) is 2.89. The van der Waals surface area contributed by atoms with Gasteiger partial charge in [-0.1, -0.05) is 57.5 Å². The van der Waals surface area contributed by atoms with E-state index >= 15 is 0 Å². The fourth-order valence-electron chi connectivity index (χ4n) is 2.95. The maximum atomic E-state index is 2.45. The molecule has 0 saturated heterocycles. The van der Waals surface area contributed by atoms with Crippen molar-refractivity contribution in [1.29, 1.82) is 0 Å². The van der Waals surface area contributed by atoms with Crippen LogP contribution in [0.25, 0.3) is 0 Å². The second kappa shape index (κ2) is 8.02. The van der Waals surface area contributed by atoms with Crippen LogP contribution in [0, 0.1) is 0 Å². The molecule has 1 aromatic heterocycles. The zero-order chi connectivity index (χ0) is 15.1. The van der Waals surface area contributed by atoms with Gasteiger partial charge >= 0.3 is 0 Å². The lowest BCUT2D eigenvalue weighted by Gasteiger charge is -2.08. The Morgan fingerprint density at radius 1 is 1.10 bits per heavy atom. The van der Waals surface area contributed by atoms with Crippen molar-refractivity contribution in [2.24, 2.45) is 0 Å². The third-order valence-electron chi connectivity index (χ3n) is 3.99. The van der Waals surface area contributed by atoms with Crippen LogP contribution in [0.3, 0.4) is 0 Å². The molecule has 0 saturated carbocycles. The van der Waals surface area contributed by atoms with Crippen molar-refractivity contribution in [2.75, 3.05) is 0 Å². The number of nitrogens with zero attached hydrogens (tertiary/aromatic N) is 2. The van der Waals surface area contributed by atoms with Crippen LogP contribution in [0.15, 0.2) is 42.7 Å². The average molecular weight is 285 g/mol. The summed E-state index contributed by atoms with van der Waals surface area (Å²) in [6, 6.07) is 10.8. The van der Waals surface area contributed by atoms with E-state index in [0.717, 1.165) is 19.5 Å². The van der Waals surface area contributed by atoms with E-state index in [1.165, 1.54) is 30.7 Å². The first-order chi connectivity index (χ1) is 10.2. The number of imidazole rings is 1. The van der Waals surface area contributed by atoms with Crippen LogP contribution in [-0.4, -0.2) is 4.57 Å². The number of hydrogen-bond acceptors (Lipinski definition) is 0. The summed E-state index contributed by atoms with van der Waals surface area (Å²) in [5.41, 5.74) is 1.44. The molecule has 2 heteroatoms. The zero-order valence-corrected chi connectivity index (χ0v) is 13.8. The molecule has 2 aromatic rings. The highest BCUT2D eigenvalue weighted by molar-refractivity contribution is 5.14. The molecule has 21 heavy (non-hydrogen) atoms. The van der Waals surface area contributed by atoms with E-state index in [2.05, 4.69) is 72.6 Å². The summed E-state index contributed by atoms with van der Waals surface area (Å²) in [6.45, 7) is 9.11. The van der Waals surface area contributed by atoms with Crippen LogP contribution >= 0.6 is 0 Å². The Hall–Kier alpha value is -1.57. The van der Waals surface area contributed by atoms with E-state index < -0.39 is 0 Å². The highest BCUT2D eigenvalue weighted by Crippen LogP contribution is 2.12. The van der Waals surface area contributed by atoms with E-state index in [0.29, 0.717) is 5.92 Å². The van der Waals surface area contributed by atoms with Crippen molar-refractivity contribution < 1.29 is 4.57 Å². The van der Waals surface area contributed by atoms with Gasteiger partial charge in [-0.2, -0.15) is 0 Å².